The molecule has 0 radical (unpaired) electrons. The second-order valence-corrected chi connectivity index (χ2v) is 5.96. The van der Waals surface area contributed by atoms with Gasteiger partial charge in [-0.05, 0) is 23.8 Å². The van der Waals surface area contributed by atoms with Crippen LogP contribution in [0.5, 0.6) is 0 Å². The fraction of sp³-hybridized carbons (Fsp3) is 0.250. The molecule has 0 saturated heterocycles. The van der Waals surface area contributed by atoms with Crippen LogP contribution in [-0.4, -0.2) is 26.2 Å². The Morgan fingerprint density at radius 1 is 1.15 bits per heavy atom. The van der Waals surface area contributed by atoms with E-state index in [0.29, 0.717) is 19.1 Å². The Hall–Kier alpha value is -2.06. The quantitative estimate of drug-likeness (QED) is 0.296. The molecule has 0 aliphatic carbocycles. The lowest BCUT2D eigenvalue weighted by Gasteiger charge is -2.18. The second-order valence-electron chi connectivity index (χ2n) is 5.96. The first kappa shape index (κ1) is 20.3. The summed E-state index contributed by atoms with van der Waals surface area (Å²) in [6.07, 6.45) is 4.37. The Kier molecular flexibility index (Phi) is 7.93. The van der Waals surface area contributed by atoms with Crippen molar-refractivity contribution in [2.24, 2.45) is 10.7 Å². The van der Waals surface area contributed by atoms with Gasteiger partial charge in [0.1, 0.15) is 0 Å². The number of nitrogens with one attached hydrogen (secondary N) is 1. The fourth-order valence-corrected chi connectivity index (χ4v) is 2.82. The summed E-state index contributed by atoms with van der Waals surface area (Å²) in [5, 5.41) is 3.16. The molecule has 5 nitrogen and oxygen atoms in total. The van der Waals surface area contributed by atoms with Crippen molar-refractivity contribution in [3.05, 3.63) is 71.8 Å². The Morgan fingerprint density at radius 2 is 1.92 bits per heavy atom. The Morgan fingerprint density at radius 3 is 2.69 bits per heavy atom. The average molecular weight is 464 g/mol. The van der Waals surface area contributed by atoms with Gasteiger partial charge >= 0.3 is 0 Å². The van der Waals surface area contributed by atoms with E-state index < -0.39 is 0 Å². The maximum Gasteiger partial charge on any atom is 0.193 e. The first-order chi connectivity index (χ1) is 12.3. The molecular weight excluding hydrogens is 439 g/mol. The maximum absolute atomic E-state index is 6.06. The first-order valence-corrected chi connectivity index (χ1v) is 8.39. The van der Waals surface area contributed by atoms with Gasteiger partial charge in [0.2, 0.25) is 0 Å². The Labute approximate surface area is 172 Å². The molecule has 3 N–H and O–H groups in total. The molecule has 0 unspecified atom stereocenters. The predicted octanol–water partition coefficient (Wildman–Crippen LogP) is 3.75. The number of benzene rings is 2. The zero-order chi connectivity index (χ0) is 17.5. The smallest absolute Gasteiger partial charge is 0.193 e. The summed E-state index contributed by atoms with van der Waals surface area (Å²) in [6, 6.07) is 16.3. The minimum atomic E-state index is 0. The van der Waals surface area contributed by atoms with E-state index in [1.807, 2.05) is 24.3 Å². The van der Waals surface area contributed by atoms with E-state index in [1.165, 1.54) is 5.69 Å². The lowest BCUT2D eigenvalue weighted by atomic mass is 10.2. The number of halogens is 1. The molecular formula is C20H25IN4O. The minimum Gasteiger partial charge on any atom is -0.380 e. The van der Waals surface area contributed by atoms with Crippen molar-refractivity contribution < 1.29 is 4.74 Å². The Bertz CT molecular complexity index is 768. The molecule has 3 rings (SSSR count). The van der Waals surface area contributed by atoms with Crippen molar-refractivity contribution in [1.29, 1.82) is 0 Å². The van der Waals surface area contributed by atoms with Crippen molar-refractivity contribution >= 4 is 41.3 Å². The van der Waals surface area contributed by atoms with Gasteiger partial charge in [-0.2, -0.15) is 0 Å². The summed E-state index contributed by atoms with van der Waals surface area (Å²) in [5.41, 5.74) is 10.4. The van der Waals surface area contributed by atoms with E-state index >= 15 is 0 Å². The van der Waals surface area contributed by atoms with Crippen LogP contribution in [-0.2, 0) is 17.9 Å². The maximum atomic E-state index is 6.06. The number of nitrogens with two attached hydrogens (primary N) is 1. The van der Waals surface area contributed by atoms with E-state index in [-0.39, 0.29) is 24.0 Å². The molecule has 1 heterocycles. The highest BCUT2D eigenvalue weighted by Crippen LogP contribution is 2.19. The Balaban J connectivity index is 0.00000243. The standard InChI is InChI=1S/C20H24N4O.HI/c1-25-15-17-8-2-3-10-19(17)23-20(21)22-14-16-7-6-9-18(13-16)24-11-4-5-12-24;/h2-10,13H,11-12,14-15H2,1H3,(H3,21,22,23);1H. The molecule has 26 heavy (non-hydrogen) atoms. The van der Waals surface area contributed by atoms with Gasteiger partial charge in [-0.1, -0.05) is 42.5 Å². The largest absolute Gasteiger partial charge is 0.380 e. The molecule has 0 saturated carbocycles. The number of hydrogen-bond donors (Lipinski definition) is 2. The number of nitrogens with zero attached hydrogens (tertiary/aromatic N) is 2. The van der Waals surface area contributed by atoms with Gasteiger partial charge in [-0.25, -0.2) is 4.99 Å². The molecule has 6 heteroatoms. The fourth-order valence-electron chi connectivity index (χ4n) is 2.82. The van der Waals surface area contributed by atoms with E-state index in [4.69, 9.17) is 10.5 Å². The predicted molar refractivity (Wildman–Crippen MR) is 119 cm³/mol. The van der Waals surface area contributed by atoms with Crippen molar-refractivity contribution in [3.8, 4) is 0 Å². The molecule has 0 bridgehead atoms. The average Bonchev–Trinajstić information content (AvgIpc) is 3.17. The van der Waals surface area contributed by atoms with Crippen LogP contribution in [0.4, 0.5) is 11.4 Å². The van der Waals surface area contributed by atoms with E-state index in [2.05, 4.69) is 51.6 Å². The van der Waals surface area contributed by atoms with Gasteiger partial charge < -0.3 is 20.7 Å². The lowest BCUT2D eigenvalue weighted by Crippen LogP contribution is -2.23. The van der Waals surface area contributed by atoms with Gasteiger partial charge in [-0.15, -0.1) is 24.0 Å². The highest BCUT2D eigenvalue weighted by molar-refractivity contribution is 14.0. The van der Waals surface area contributed by atoms with Gasteiger partial charge in [0.15, 0.2) is 5.96 Å². The summed E-state index contributed by atoms with van der Waals surface area (Å²) < 4.78 is 5.21. The number of aliphatic imine (C=N–C) groups is 1. The summed E-state index contributed by atoms with van der Waals surface area (Å²) in [7, 11) is 1.68. The molecule has 1 aliphatic heterocycles. The highest BCUT2D eigenvalue weighted by Gasteiger charge is 2.08. The number of guanidine groups is 1. The van der Waals surface area contributed by atoms with Crippen molar-refractivity contribution in [2.75, 3.05) is 30.4 Å². The summed E-state index contributed by atoms with van der Waals surface area (Å²) in [6.45, 7) is 3.00. The number of para-hydroxylation sites is 1. The summed E-state index contributed by atoms with van der Waals surface area (Å²) in [4.78, 5) is 6.78. The van der Waals surface area contributed by atoms with Gasteiger partial charge in [-0.3, -0.25) is 0 Å². The minimum absolute atomic E-state index is 0. The molecule has 0 atom stereocenters. The van der Waals surface area contributed by atoms with Gasteiger partial charge in [0.05, 0.1) is 13.2 Å². The third-order valence-electron chi connectivity index (χ3n) is 4.11. The van der Waals surface area contributed by atoms with E-state index in [9.17, 15) is 0 Å². The normalized spacial score (nSPS) is 13.6. The number of anilines is 2. The molecule has 1 aliphatic rings. The van der Waals surface area contributed by atoms with Crippen LogP contribution in [0.2, 0.25) is 0 Å². The number of rotatable bonds is 6. The highest BCUT2D eigenvalue weighted by atomic mass is 127. The topological polar surface area (TPSA) is 62.9 Å². The van der Waals surface area contributed by atoms with Crippen LogP contribution in [0.3, 0.4) is 0 Å². The first-order valence-electron chi connectivity index (χ1n) is 8.39. The molecule has 2 aromatic rings. The van der Waals surface area contributed by atoms with Crippen LogP contribution in [0.25, 0.3) is 0 Å². The zero-order valence-corrected chi connectivity index (χ0v) is 17.2. The second kappa shape index (κ2) is 10.2. The van der Waals surface area contributed by atoms with E-state index in [1.54, 1.807) is 7.11 Å². The van der Waals surface area contributed by atoms with Crippen LogP contribution in [0.1, 0.15) is 11.1 Å². The molecule has 0 aromatic heterocycles. The van der Waals surface area contributed by atoms with Crippen molar-refractivity contribution in [3.63, 3.8) is 0 Å². The third-order valence-corrected chi connectivity index (χ3v) is 4.11. The number of hydrogen-bond acceptors (Lipinski definition) is 3. The van der Waals surface area contributed by atoms with Gasteiger partial charge in [0, 0.05) is 37.1 Å². The number of ether oxygens (including phenoxy) is 1. The number of methoxy groups -OCH3 is 1. The molecule has 138 valence electrons. The summed E-state index contributed by atoms with van der Waals surface area (Å²) >= 11 is 0. The SMILES string of the molecule is COCc1ccccc1NC(N)=NCc1cccc(N2CC=CC2)c1.I. The summed E-state index contributed by atoms with van der Waals surface area (Å²) in [5.74, 6) is 0.400. The zero-order valence-electron chi connectivity index (χ0n) is 14.9. The lowest BCUT2D eigenvalue weighted by molar-refractivity contribution is 0.185. The molecule has 0 spiro atoms. The van der Waals surface area contributed by atoms with Crippen molar-refractivity contribution in [2.45, 2.75) is 13.2 Å². The van der Waals surface area contributed by atoms with Crippen LogP contribution < -0.4 is 16.0 Å². The van der Waals surface area contributed by atoms with Gasteiger partial charge in [0.25, 0.3) is 0 Å². The molecule has 0 amide bonds. The van der Waals surface area contributed by atoms with Crippen LogP contribution in [0, 0.1) is 0 Å². The van der Waals surface area contributed by atoms with Crippen LogP contribution >= 0.6 is 24.0 Å². The monoisotopic (exact) mass is 464 g/mol. The van der Waals surface area contributed by atoms with Crippen LogP contribution in [0.15, 0.2) is 65.7 Å². The van der Waals surface area contributed by atoms with E-state index in [0.717, 1.165) is 29.9 Å². The third kappa shape index (κ3) is 5.47. The molecule has 0 fully saturated rings. The van der Waals surface area contributed by atoms with Crippen molar-refractivity contribution in [1.82, 2.24) is 0 Å². The molecule has 2 aromatic carbocycles.